The van der Waals surface area contributed by atoms with Crippen molar-refractivity contribution in [3.8, 4) is 0 Å². The van der Waals surface area contributed by atoms with Gasteiger partial charge in [0, 0.05) is 20.3 Å². The molecule has 0 nitrogen and oxygen atoms in total. The summed E-state index contributed by atoms with van der Waals surface area (Å²) >= 11 is 16.1. The molecule has 0 amide bonds. The molecule has 3 heteroatoms. The van der Waals surface area contributed by atoms with Crippen LogP contribution in [0.2, 0.25) is 10.0 Å². The van der Waals surface area contributed by atoms with E-state index in [1.54, 1.807) is 0 Å². The molecule has 1 unspecified atom stereocenters. The molecule has 0 bridgehead atoms. The number of alkyl halides is 1. The van der Waals surface area contributed by atoms with Gasteiger partial charge in [-0.1, -0.05) is 81.6 Å². The smallest absolute Gasteiger partial charge is 0.0484 e. The minimum atomic E-state index is 0.220. The molecule has 0 saturated heterocycles. The lowest BCUT2D eigenvalue weighted by atomic mass is 9.98. The Morgan fingerprint density at radius 3 is 2.38 bits per heavy atom. The van der Waals surface area contributed by atoms with Gasteiger partial charge in [0.05, 0.1) is 0 Å². The summed E-state index contributed by atoms with van der Waals surface area (Å²) in [5.74, 6) is 0. The number of halogens is 3. The van der Waals surface area contributed by atoms with Crippen molar-refractivity contribution in [3.05, 3.63) is 81.8 Å². The van der Waals surface area contributed by atoms with Crippen molar-refractivity contribution in [2.24, 2.45) is 0 Å². The van der Waals surface area contributed by atoms with E-state index >= 15 is 0 Å². The van der Waals surface area contributed by atoms with Crippen molar-refractivity contribution < 1.29 is 0 Å². The molecule has 3 aromatic rings. The van der Waals surface area contributed by atoms with Gasteiger partial charge in [-0.25, -0.2) is 0 Å². The van der Waals surface area contributed by atoms with Crippen LogP contribution in [0.3, 0.4) is 0 Å². The van der Waals surface area contributed by atoms with Gasteiger partial charge in [0.25, 0.3) is 0 Å². The molecule has 0 aliphatic carbocycles. The molecule has 0 radical (unpaired) electrons. The van der Waals surface area contributed by atoms with Gasteiger partial charge in [0.2, 0.25) is 0 Å². The maximum Gasteiger partial charge on any atom is 0.0484 e. The fraction of sp³-hybridized carbons (Fsp3) is 0.111. The molecule has 0 N–H and O–H groups in total. The Morgan fingerprint density at radius 2 is 1.62 bits per heavy atom. The number of benzene rings is 3. The minimum Gasteiger partial charge on any atom is -0.0843 e. The zero-order chi connectivity index (χ0) is 14.8. The van der Waals surface area contributed by atoms with Crippen LogP contribution in [-0.4, -0.2) is 0 Å². The second-order valence-electron chi connectivity index (χ2n) is 4.98. The van der Waals surface area contributed by atoms with Gasteiger partial charge in [0.1, 0.15) is 0 Å². The lowest BCUT2D eigenvalue weighted by molar-refractivity contribution is 0.958. The van der Waals surface area contributed by atoms with Gasteiger partial charge < -0.3 is 0 Å². The van der Waals surface area contributed by atoms with E-state index in [9.17, 15) is 0 Å². The summed E-state index contributed by atoms with van der Waals surface area (Å²) in [6.07, 6.45) is 0.881. The Balaban J connectivity index is 1.98. The van der Waals surface area contributed by atoms with Gasteiger partial charge in [-0.3, -0.25) is 0 Å². The summed E-state index contributed by atoms with van der Waals surface area (Å²) in [5, 5.41) is 3.84. The first kappa shape index (κ1) is 14.9. The van der Waals surface area contributed by atoms with Crippen LogP contribution in [0.5, 0.6) is 0 Å². The van der Waals surface area contributed by atoms with E-state index in [1.807, 2.05) is 36.4 Å². The van der Waals surface area contributed by atoms with E-state index in [2.05, 4.69) is 40.2 Å². The van der Waals surface area contributed by atoms with E-state index in [0.29, 0.717) is 0 Å². The zero-order valence-corrected chi connectivity index (χ0v) is 14.3. The Labute approximate surface area is 142 Å². The second kappa shape index (κ2) is 6.39. The van der Waals surface area contributed by atoms with Crippen molar-refractivity contribution >= 4 is 49.9 Å². The fourth-order valence-corrected chi connectivity index (χ4v) is 3.75. The number of hydrogen-bond acceptors (Lipinski definition) is 0. The highest BCUT2D eigenvalue weighted by Gasteiger charge is 2.13. The number of hydrogen-bond donors (Lipinski definition) is 0. The number of fused-ring (bicyclic) bond motifs is 1. The molecule has 21 heavy (non-hydrogen) atoms. The summed E-state index contributed by atoms with van der Waals surface area (Å²) in [6.45, 7) is 0. The van der Waals surface area contributed by atoms with Crippen molar-refractivity contribution in [1.29, 1.82) is 0 Å². The summed E-state index contributed by atoms with van der Waals surface area (Å²) in [6, 6.07) is 20.3. The molecule has 3 aromatic carbocycles. The molecule has 1 atom stereocenters. The lowest BCUT2D eigenvalue weighted by Gasteiger charge is -2.14. The molecule has 3 rings (SSSR count). The largest absolute Gasteiger partial charge is 0.0843 e. The summed E-state index contributed by atoms with van der Waals surface area (Å²) in [4.78, 5) is 0.220. The van der Waals surface area contributed by atoms with Crippen LogP contribution in [0.15, 0.2) is 60.7 Å². The van der Waals surface area contributed by atoms with Crippen LogP contribution >= 0.6 is 39.1 Å². The van der Waals surface area contributed by atoms with Crippen LogP contribution in [0, 0.1) is 0 Å². The zero-order valence-electron chi connectivity index (χ0n) is 11.2. The van der Waals surface area contributed by atoms with Crippen LogP contribution in [0.4, 0.5) is 0 Å². The molecule has 0 aliphatic rings. The average Bonchev–Trinajstić information content (AvgIpc) is 2.48. The molecule has 0 saturated carbocycles. The third-order valence-electron chi connectivity index (χ3n) is 3.55. The SMILES string of the molecule is Clc1cccc(CC(Br)c2ccc(Cl)c3ccccc23)c1. The van der Waals surface area contributed by atoms with E-state index < -0.39 is 0 Å². The molecule has 0 heterocycles. The number of rotatable bonds is 3. The molecule has 0 aromatic heterocycles. The predicted molar refractivity (Wildman–Crippen MR) is 95.8 cm³/mol. The van der Waals surface area contributed by atoms with Crippen molar-refractivity contribution in [2.45, 2.75) is 11.2 Å². The standard InChI is InChI=1S/C18H13BrCl2/c19-17(11-12-4-3-5-13(20)10-12)15-8-9-18(21)16-7-2-1-6-14(15)16/h1-10,17H,11H2. The van der Waals surface area contributed by atoms with E-state index in [-0.39, 0.29) is 4.83 Å². The topological polar surface area (TPSA) is 0 Å². The highest BCUT2D eigenvalue weighted by Crippen LogP contribution is 2.35. The highest BCUT2D eigenvalue weighted by molar-refractivity contribution is 9.09. The maximum absolute atomic E-state index is 6.28. The first-order chi connectivity index (χ1) is 10.1. The van der Waals surface area contributed by atoms with Gasteiger partial charge in [-0.05, 0) is 41.1 Å². The minimum absolute atomic E-state index is 0.220. The predicted octanol–water partition coefficient (Wildman–Crippen LogP) is 6.83. The normalized spacial score (nSPS) is 12.5. The Bertz CT molecular complexity index is 783. The van der Waals surface area contributed by atoms with Crippen LogP contribution in [-0.2, 0) is 6.42 Å². The maximum atomic E-state index is 6.28. The first-order valence-electron chi connectivity index (χ1n) is 6.71. The van der Waals surface area contributed by atoms with Crippen molar-refractivity contribution in [3.63, 3.8) is 0 Å². The quantitative estimate of drug-likeness (QED) is 0.437. The molecular weight excluding hydrogens is 367 g/mol. The highest BCUT2D eigenvalue weighted by atomic mass is 79.9. The van der Waals surface area contributed by atoms with Gasteiger partial charge in [-0.2, -0.15) is 0 Å². The van der Waals surface area contributed by atoms with E-state index in [1.165, 1.54) is 16.5 Å². The Hall–Kier alpha value is -1.02. The van der Waals surface area contributed by atoms with E-state index in [4.69, 9.17) is 23.2 Å². The summed E-state index contributed by atoms with van der Waals surface area (Å²) in [7, 11) is 0. The molecular formula is C18H13BrCl2. The van der Waals surface area contributed by atoms with Gasteiger partial charge >= 0.3 is 0 Å². The van der Waals surface area contributed by atoms with Gasteiger partial charge in [-0.15, -0.1) is 0 Å². The first-order valence-corrected chi connectivity index (χ1v) is 8.38. The third-order valence-corrected chi connectivity index (χ3v) is 4.93. The van der Waals surface area contributed by atoms with Crippen molar-refractivity contribution in [1.82, 2.24) is 0 Å². The molecule has 0 spiro atoms. The summed E-state index contributed by atoms with van der Waals surface area (Å²) < 4.78 is 0. The Kier molecular flexibility index (Phi) is 4.54. The molecule has 106 valence electrons. The molecule has 0 fully saturated rings. The van der Waals surface area contributed by atoms with E-state index in [0.717, 1.165) is 21.9 Å². The monoisotopic (exact) mass is 378 g/mol. The molecule has 0 aliphatic heterocycles. The fourth-order valence-electron chi connectivity index (χ4n) is 2.54. The lowest BCUT2D eigenvalue weighted by Crippen LogP contribution is -1.97. The van der Waals surface area contributed by atoms with Crippen molar-refractivity contribution in [2.75, 3.05) is 0 Å². The average molecular weight is 380 g/mol. The summed E-state index contributed by atoms with van der Waals surface area (Å²) in [5.41, 5.74) is 2.46. The van der Waals surface area contributed by atoms with Crippen LogP contribution < -0.4 is 0 Å². The van der Waals surface area contributed by atoms with Crippen LogP contribution in [0.1, 0.15) is 16.0 Å². The third kappa shape index (κ3) is 3.26. The van der Waals surface area contributed by atoms with Crippen LogP contribution in [0.25, 0.3) is 10.8 Å². The van der Waals surface area contributed by atoms with Gasteiger partial charge in [0.15, 0.2) is 0 Å². The Morgan fingerprint density at radius 1 is 0.857 bits per heavy atom. The second-order valence-corrected chi connectivity index (χ2v) is 6.93.